The van der Waals surface area contributed by atoms with Crippen molar-refractivity contribution in [2.75, 3.05) is 32.5 Å². The molecule has 102 valence electrons. The summed E-state index contributed by atoms with van der Waals surface area (Å²) < 4.78 is 0. The van der Waals surface area contributed by atoms with Crippen LogP contribution >= 0.6 is 11.6 Å². The lowest BCUT2D eigenvalue weighted by Gasteiger charge is -2.32. The van der Waals surface area contributed by atoms with Crippen LogP contribution in [0.3, 0.4) is 0 Å². The Hall–Kier alpha value is -1.39. The van der Waals surface area contributed by atoms with E-state index in [1.807, 2.05) is 24.3 Å². The molecule has 2 aliphatic heterocycles. The van der Waals surface area contributed by atoms with Gasteiger partial charge >= 0.3 is 0 Å². The van der Waals surface area contributed by atoms with Crippen LogP contribution in [0, 0.1) is 0 Å². The Balaban J connectivity index is 1.85. The van der Waals surface area contributed by atoms with Gasteiger partial charge in [0.05, 0.1) is 29.0 Å². The number of rotatable bonds is 2. The number of halogens is 1. The zero-order chi connectivity index (χ0) is 13.4. The number of likely N-dealkylation sites (N-methyl/N-ethyl adjacent to an activating group) is 2. The standard InChI is InChI=1S/C14H19ClN4/c1-18-9-13-14(19(18)2)12(7-8-16-13)17-11-6-4-3-5-10(11)15/h3-6,12,16-17H,7-9H2,1-2H3. The number of nitrogens with zero attached hydrogens (tertiary/aromatic N) is 2. The highest BCUT2D eigenvalue weighted by Gasteiger charge is 2.33. The zero-order valence-electron chi connectivity index (χ0n) is 11.3. The predicted octanol–water partition coefficient (Wildman–Crippen LogP) is 2.12. The van der Waals surface area contributed by atoms with Crippen LogP contribution in [-0.4, -0.2) is 43.2 Å². The highest BCUT2D eigenvalue weighted by molar-refractivity contribution is 6.33. The lowest BCUT2D eigenvalue weighted by Crippen LogP contribution is -2.39. The molecule has 0 saturated carbocycles. The van der Waals surface area contributed by atoms with Crippen LogP contribution in [0.5, 0.6) is 0 Å². The number of hydrogen-bond acceptors (Lipinski definition) is 4. The monoisotopic (exact) mass is 278 g/mol. The summed E-state index contributed by atoms with van der Waals surface area (Å²) in [6, 6.07) is 8.23. The van der Waals surface area contributed by atoms with Crippen LogP contribution in [0.2, 0.25) is 5.02 Å². The van der Waals surface area contributed by atoms with Gasteiger partial charge in [0.15, 0.2) is 0 Å². The van der Waals surface area contributed by atoms with E-state index in [4.69, 9.17) is 11.6 Å². The minimum atomic E-state index is 0.311. The van der Waals surface area contributed by atoms with Crippen LogP contribution in [0.1, 0.15) is 6.42 Å². The Kier molecular flexibility index (Phi) is 3.29. The van der Waals surface area contributed by atoms with Gasteiger partial charge in [-0.05, 0) is 18.6 Å². The maximum Gasteiger partial charge on any atom is 0.0719 e. The molecule has 4 nitrogen and oxygen atoms in total. The fourth-order valence-electron chi connectivity index (χ4n) is 2.79. The molecule has 5 heteroatoms. The van der Waals surface area contributed by atoms with Gasteiger partial charge in [-0.2, -0.15) is 0 Å². The quantitative estimate of drug-likeness (QED) is 0.868. The van der Waals surface area contributed by atoms with E-state index in [1.165, 1.54) is 11.4 Å². The van der Waals surface area contributed by atoms with Crippen molar-refractivity contribution in [1.82, 2.24) is 15.3 Å². The van der Waals surface area contributed by atoms with Crippen LogP contribution in [0.25, 0.3) is 0 Å². The van der Waals surface area contributed by atoms with Crippen molar-refractivity contribution in [2.45, 2.75) is 12.5 Å². The third kappa shape index (κ3) is 2.26. The van der Waals surface area contributed by atoms with Gasteiger partial charge in [0.2, 0.25) is 0 Å². The Morgan fingerprint density at radius 1 is 1.32 bits per heavy atom. The zero-order valence-corrected chi connectivity index (χ0v) is 12.0. The molecule has 1 atom stereocenters. The Morgan fingerprint density at radius 2 is 2.11 bits per heavy atom. The predicted molar refractivity (Wildman–Crippen MR) is 78.9 cm³/mol. The Labute approximate surface area is 119 Å². The normalized spacial score (nSPS) is 23.3. The molecule has 19 heavy (non-hydrogen) atoms. The summed E-state index contributed by atoms with van der Waals surface area (Å²) in [5, 5.41) is 12.3. The summed E-state index contributed by atoms with van der Waals surface area (Å²) in [5.74, 6) is 0. The average Bonchev–Trinajstić information content (AvgIpc) is 2.69. The van der Waals surface area contributed by atoms with E-state index in [2.05, 4.69) is 34.7 Å². The highest BCUT2D eigenvalue weighted by atomic mass is 35.5. The molecule has 1 aromatic carbocycles. The maximum absolute atomic E-state index is 6.23. The van der Waals surface area contributed by atoms with Crippen molar-refractivity contribution in [1.29, 1.82) is 0 Å². The van der Waals surface area contributed by atoms with Crippen molar-refractivity contribution in [3.05, 3.63) is 40.7 Å². The first-order valence-corrected chi connectivity index (χ1v) is 6.97. The van der Waals surface area contributed by atoms with Crippen LogP contribution in [0.4, 0.5) is 5.69 Å². The molecule has 2 heterocycles. The lowest BCUT2D eigenvalue weighted by molar-refractivity contribution is 0.0967. The van der Waals surface area contributed by atoms with E-state index in [0.29, 0.717) is 6.04 Å². The summed E-state index contributed by atoms with van der Waals surface area (Å²) >= 11 is 6.23. The molecule has 2 aliphatic rings. The summed E-state index contributed by atoms with van der Waals surface area (Å²) in [5.41, 5.74) is 3.65. The Morgan fingerprint density at radius 3 is 2.89 bits per heavy atom. The molecular weight excluding hydrogens is 260 g/mol. The van der Waals surface area contributed by atoms with Gasteiger partial charge in [0.1, 0.15) is 0 Å². The first-order valence-electron chi connectivity index (χ1n) is 6.59. The maximum atomic E-state index is 6.23. The number of nitrogens with one attached hydrogen (secondary N) is 2. The molecular formula is C14H19ClN4. The van der Waals surface area contributed by atoms with E-state index in [1.54, 1.807) is 0 Å². The number of para-hydroxylation sites is 1. The fraction of sp³-hybridized carbons (Fsp3) is 0.429. The topological polar surface area (TPSA) is 30.5 Å². The fourth-order valence-corrected chi connectivity index (χ4v) is 2.98. The number of anilines is 1. The van der Waals surface area contributed by atoms with Gasteiger partial charge in [-0.25, -0.2) is 5.01 Å². The second kappa shape index (κ2) is 4.94. The molecule has 3 rings (SSSR count). The average molecular weight is 279 g/mol. The first-order chi connectivity index (χ1) is 9.16. The Bertz CT molecular complexity index is 514. The molecule has 0 bridgehead atoms. The molecule has 0 radical (unpaired) electrons. The van der Waals surface area contributed by atoms with Crippen LogP contribution in [-0.2, 0) is 0 Å². The third-order valence-corrected chi connectivity index (χ3v) is 4.19. The second-order valence-corrected chi connectivity index (χ2v) is 5.50. The summed E-state index contributed by atoms with van der Waals surface area (Å²) in [4.78, 5) is 0. The molecule has 0 amide bonds. The molecule has 1 unspecified atom stereocenters. The van der Waals surface area contributed by atoms with E-state index >= 15 is 0 Å². The van der Waals surface area contributed by atoms with E-state index in [0.717, 1.165) is 30.2 Å². The molecule has 0 aliphatic carbocycles. The van der Waals surface area contributed by atoms with Gasteiger partial charge in [-0.15, -0.1) is 0 Å². The summed E-state index contributed by atoms with van der Waals surface area (Å²) in [6.45, 7) is 1.95. The minimum absolute atomic E-state index is 0.311. The molecule has 0 spiro atoms. The van der Waals surface area contributed by atoms with E-state index < -0.39 is 0 Å². The third-order valence-electron chi connectivity index (χ3n) is 3.86. The molecule has 0 aromatic heterocycles. The van der Waals surface area contributed by atoms with E-state index in [-0.39, 0.29) is 0 Å². The highest BCUT2D eigenvalue weighted by Crippen LogP contribution is 2.30. The molecule has 0 fully saturated rings. The second-order valence-electron chi connectivity index (χ2n) is 5.10. The van der Waals surface area contributed by atoms with Crippen LogP contribution in [0.15, 0.2) is 35.7 Å². The van der Waals surface area contributed by atoms with Crippen molar-refractivity contribution < 1.29 is 0 Å². The molecule has 0 saturated heterocycles. The summed E-state index contributed by atoms with van der Waals surface area (Å²) in [6.07, 6.45) is 1.06. The number of hydrogen-bond donors (Lipinski definition) is 2. The van der Waals surface area contributed by atoms with Gasteiger partial charge in [-0.1, -0.05) is 23.7 Å². The molecule has 2 N–H and O–H groups in total. The van der Waals surface area contributed by atoms with Crippen LogP contribution < -0.4 is 10.6 Å². The van der Waals surface area contributed by atoms with Gasteiger partial charge in [0, 0.05) is 26.3 Å². The lowest BCUT2D eigenvalue weighted by atomic mass is 10.0. The smallest absolute Gasteiger partial charge is 0.0719 e. The van der Waals surface area contributed by atoms with Gasteiger partial charge in [-0.3, -0.25) is 0 Å². The van der Waals surface area contributed by atoms with Crippen molar-refractivity contribution in [3.63, 3.8) is 0 Å². The first kappa shape index (κ1) is 12.6. The largest absolute Gasteiger partial charge is 0.386 e. The number of hydrazine groups is 1. The van der Waals surface area contributed by atoms with Crippen molar-refractivity contribution in [3.8, 4) is 0 Å². The SMILES string of the molecule is CN1CC2=C(C(Nc3ccccc3Cl)CCN2)N1C. The summed E-state index contributed by atoms with van der Waals surface area (Å²) in [7, 11) is 4.21. The number of benzene rings is 1. The molecule has 1 aromatic rings. The van der Waals surface area contributed by atoms with Gasteiger partial charge < -0.3 is 15.6 Å². The van der Waals surface area contributed by atoms with E-state index in [9.17, 15) is 0 Å². The van der Waals surface area contributed by atoms with Crippen molar-refractivity contribution >= 4 is 17.3 Å². The van der Waals surface area contributed by atoms with Gasteiger partial charge in [0.25, 0.3) is 0 Å². The minimum Gasteiger partial charge on any atom is -0.386 e. The van der Waals surface area contributed by atoms with Crippen molar-refractivity contribution in [2.24, 2.45) is 0 Å².